The zero-order chi connectivity index (χ0) is 16.2. The van der Waals surface area contributed by atoms with E-state index in [4.69, 9.17) is 0 Å². The summed E-state index contributed by atoms with van der Waals surface area (Å²) < 4.78 is 0. The van der Waals surface area contributed by atoms with Crippen LogP contribution in [0, 0.1) is 6.92 Å². The number of aryl methyl sites for hydroxylation is 1. The topological polar surface area (TPSA) is 66.9 Å². The number of hydrogen-bond donors (Lipinski definition) is 2. The van der Waals surface area contributed by atoms with E-state index in [-0.39, 0.29) is 5.91 Å². The van der Waals surface area contributed by atoms with Crippen molar-refractivity contribution in [1.82, 2.24) is 9.97 Å². The molecule has 0 spiro atoms. The van der Waals surface area contributed by atoms with Gasteiger partial charge in [0.1, 0.15) is 0 Å². The second-order valence-corrected chi connectivity index (χ2v) is 5.99. The van der Waals surface area contributed by atoms with Gasteiger partial charge in [-0.15, -0.1) is 11.3 Å². The molecule has 3 aromatic rings. The Morgan fingerprint density at radius 1 is 1.26 bits per heavy atom. The van der Waals surface area contributed by atoms with Crippen molar-refractivity contribution in [2.75, 3.05) is 10.6 Å². The second kappa shape index (κ2) is 6.58. The van der Waals surface area contributed by atoms with Crippen LogP contribution in [0.4, 0.5) is 16.5 Å². The van der Waals surface area contributed by atoms with Crippen LogP contribution in [0.2, 0.25) is 0 Å². The number of carbonyl (C=O) groups excluding carboxylic acids is 1. The van der Waals surface area contributed by atoms with Gasteiger partial charge in [-0.3, -0.25) is 9.78 Å². The molecular formula is C17H16N4OS. The van der Waals surface area contributed by atoms with Crippen LogP contribution in [0.25, 0.3) is 11.3 Å². The average molecular weight is 324 g/mol. The Morgan fingerprint density at radius 2 is 2.13 bits per heavy atom. The largest absolute Gasteiger partial charge is 0.332 e. The molecule has 0 aliphatic heterocycles. The van der Waals surface area contributed by atoms with Crippen LogP contribution in [-0.4, -0.2) is 15.9 Å². The molecule has 2 heterocycles. The average Bonchev–Trinajstić information content (AvgIpc) is 2.95. The van der Waals surface area contributed by atoms with Gasteiger partial charge in [-0.05, 0) is 30.7 Å². The Balaban J connectivity index is 1.86. The molecule has 0 aliphatic rings. The number of thiazole rings is 1. The molecule has 1 aromatic carbocycles. The highest BCUT2D eigenvalue weighted by atomic mass is 32.1. The van der Waals surface area contributed by atoms with Gasteiger partial charge in [0.15, 0.2) is 5.13 Å². The fraction of sp³-hybridized carbons (Fsp3) is 0.118. The lowest BCUT2D eigenvalue weighted by molar-refractivity contribution is -0.114. The third-order valence-corrected chi connectivity index (χ3v) is 3.94. The number of nitrogens with one attached hydrogen (secondary N) is 2. The monoisotopic (exact) mass is 324 g/mol. The maximum Gasteiger partial charge on any atom is 0.221 e. The Kier molecular flexibility index (Phi) is 4.34. The summed E-state index contributed by atoms with van der Waals surface area (Å²) in [6.07, 6.45) is 3.32. The van der Waals surface area contributed by atoms with Gasteiger partial charge in [0.05, 0.1) is 17.6 Å². The first-order valence-electron chi connectivity index (χ1n) is 7.13. The van der Waals surface area contributed by atoms with Crippen LogP contribution in [0.1, 0.15) is 12.5 Å². The molecule has 116 valence electrons. The predicted molar refractivity (Wildman–Crippen MR) is 94.1 cm³/mol. The van der Waals surface area contributed by atoms with E-state index in [9.17, 15) is 4.79 Å². The molecule has 0 atom stereocenters. The van der Waals surface area contributed by atoms with E-state index in [2.05, 4.69) is 39.7 Å². The lowest BCUT2D eigenvalue weighted by atomic mass is 10.2. The third-order valence-electron chi connectivity index (χ3n) is 3.18. The molecule has 2 aromatic heterocycles. The van der Waals surface area contributed by atoms with Crippen LogP contribution in [-0.2, 0) is 4.79 Å². The number of pyridine rings is 1. The number of amides is 1. The van der Waals surface area contributed by atoms with Crippen molar-refractivity contribution in [2.45, 2.75) is 13.8 Å². The Hall–Kier alpha value is -2.73. The molecule has 3 rings (SSSR count). The molecule has 23 heavy (non-hydrogen) atoms. The smallest absolute Gasteiger partial charge is 0.221 e. The molecule has 0 radical (unpaired) electrons. The zero-order valence-electron chi connectivity index (χ0n) is 12.8. The van der Waals surface area contributed by atoms with Gasteiger partial charge in [0, 0.05) is 29.8 Å². The summed E-state index contributed by atoms with van der Waals surface area (Å²) in [5, 5.41) is 8.84. The number of carbonyl (C=O) groups is 1. The molecule has 0 bridgehead atoms. The summed E-state index contributed by atoms with van der Waals surface area (Å²) in [4.78, 5) is 20.0. The van der Waals surface area contributed by atoms with Crippen LogP contribution in [0.5, 0.6) is 0 Å². The number of hydrogen-bond acceptors (Lipinski definition) is 5. The predicted octanol–water partition coefficient (Wildman–Crippen LogP) is 4.22. The summed E-state index contributed by atoms with van der Waals surface area (Å²) in [6.45, 7) is 3.53. The van der Waals surface area contributed by atoms with Crippen molar-refractivity contribution in [2.24, 2.45) is 0 Å². The van der Waals surface area contributed by atoms with E-state index in [1.54, 1.807) is 12.4 Å². The zero-order valence-corrected chi connectivity index (χ0v) is 13.6. The molecule has 5 nitrogen and oxygen atoms in total. The van der Waals surface area contributed by atoms with E-state index >= 15 is 0 Å². The summed E-state index contributed by atoms with van der Waals surface area (Å²) in [5.41, 5.74) is 4.50. The Morgan fingerprint density at radius 3 is 2.91 bits per heavy atom. The minimum atomic E-state index is -0.132. The van der Waals surface area contributed by atoms with Gasteiger partial charge in [-0.25, -0.2) is 4.98 Å². The van der Waals surface area contributed by atoms with Gasteiger partial charge >= 0.3 is 0 Å². The first kappa shape index (κ1) is 15.2. The minimum Gasteiger partial charge on any atom is -0.332 e. The summed E-state index contributed by atoms with van der Waals surface area (Å²) in [5.74, 6) is -0.132. The number of nitrogens with zero attached hydrogens (tertiary/aromatic N) is 2. The van der Waals surface area contributed by atoms with Crippen molar-refractivity contribution in [3.63, 3.8) is 0 Å². The van der Waals surface area contributed by atoms with Crippen LogP contribution < -0.4 is 10.6 Å². The van der Waals surface area contributed by atoms with E-state index in [1.165, 1.54) is 23.8 Å². The molecule has 0 fully saturated rings. The fourth-order valence-electron chi connectivity index (χ4n) is 2.21. The summed E-state index contributed by atoms with van der Waals surface area (Å²) >= 11 is 1.52. The van der Waals surface area contributed by atoms with Crippen molar-refractivity contribution >= 4 is 33.8 Å². The molecule has 0 aliphatic carbocycles. The molecular weight excluding hydrogens is 308 g/mol. The van der Waals surface area contributed by atoms with Crippen LogP contribution >= 0.6 is 11.3 Å². The quantitative estimate of drug-likeness (QED) is 0.754. The summed E-state index contributed by atoms with van der Waals surface area (Å²) in [6, 6.07) is 9.97. The van der Waals surface area contributed by atoms with Gasteiger partial charge in [-0.1, -0.05) is 12.1 Å². The second-order valence-electron chi connectivity index (χ2n) is 5.13. The van der Waals surface area contributed by atoms with Crippen LogP contribution in [0.3, 0.4) is 0 Å². The van der Waals surface area contributed by atoms with E-state index in [0.29, 0.717) is 5.69 Å². The third kappa shape index (κ3) is 3.73. The normalized spacial score (nSPS) is 10.3. The first-order valence-corrected chi connectivity index (χ1v) is 8.01. The molecule has 0 saturated carbocycles. The lowest BCUT2D eigenvalue weighted by Crippen LogP contribution is -2.07. The molecule has 6 heteroatoms. The number of anilines is 3. The highest BCUT2D eigenvalue weighted by molar-refractivity contribution is 7.14. The van der Waals surface area contributed by atoms with Gasteiger partial charge < -0.3 is 10.6 Å². The maximum atomic E-state index is 11.3. The van der Waals surface area contributed by atoms with Crippen LogP contribution in [0.15, 0.2) is 48.1 Å². The standard InChI is InChI=1S/C17H16N4OS/c1-11-4-3-5-13(8-11)20-17-21-16(10-23-17)14-6-7-18-9-15(14)19-12(2)22/h3-10H,1-2H3,(H,19,22)(H,20,21). The van der Waals surface area contributed by atoms with Gasteiger partial charge in [0.2, 0.25) is 5.91 Å². The first-order chi connectivity index (χ1) is 11.1. The van der Waals surface area contributed by atoms with Crippen molar-refractivity contribution in [3.05, 3.63) is 53.7 Å². The Labute approximate surface area is 138 Å². The van der Waals surface area contributed by atoms with E-state index in [1.807, 2.05) is 23.6 Å². The molecule has 0 unspecified atom stereocenters. The van der Waals surface area contributed by atoms with Crippen molar-refractivity contribution in [1.29, 1.82) is 0 Å². The number of rotatable bonds is 4. The van der Waals surface area contributed by atoms with E-state index < -0.39 is 0 Å². The SMILES string of the molecule is CC(=O)Nc1cnccc1-c1csc(Nc2cccc(C)c2)n1. The van der Waals surface area contributed by atoms with Crippen molar-refractivity contribution in [3.8, 4) is 11.3 Å². The van der Waals surface area contributed by atoms with Gasteiger partial charge in [0.25, 0.3) is 0 Å². The summed E-state index contributed by atoms with van der Waals surface area (Å²) in [7, 11) is 0. The maximum absolute atomic E-state index is 11.3. The molecule has 1 amide bonds. The van der Waals surface area contributed by atoms with Gasteiger partial charge in [-0.2, -0.15) is 0 Å². The number of benzene rings is 1. The van der Waals surface area contributed by atoms with E-state index in [0.717, 1.165) is 22.1 Å². The highest BCUT2D eigenvalue weighted by Crippen LogP contribution is 2.31. The lowest BCUT2D eigenvalue weighted by Gasteiger charge is -2.07. The molecule has 2 N–H and O–H groups in total. The van der Waals surface area contributed by atoms with Crippen molar-refractivity contribution < 1.29 is 4.79 Å². The Bertz CT molecular complexity index is 844. The fourth-order valence-corrected chi connectivity index (χ4v) is 2.94. The minimum absolute atomic E-state index is 0.132. The highest BCUT2D eigenvalue weighted by Gasteiger charge is 2.10. The molecule has 0 saturated heterocycles. The number of aromatic nitrogens is 2.